The summed E-state index contributed by atoms with van der Waals surface area (Å²) in [6.07, 6.45) is 11.6. The summed E-state index contributed by atoms with van der Waals surface area (Å²) in [5.74, 6) is 3.51. The zero-order valence-electron chi connectivity index (χ0n) is 18.4. The predicted octanol–water partition coefficient (Wildman–Crippen LogP) is 4.00. The van der Waals surface area contributed by atoms with Crippen LogP contribution in [0.4, 0.5) is 0 Å². The van der Waals surface area contributed by atoms with Gasteiger partial charge in [0.1, 0.15) is 0 Å². The molecule has 0 radical (unpaired) electrons. The van der Waals surface area contributed by atoms with E-state index in [1.807, 2.05) is 0 Å². The number of fused-ring (bicyclic) bond motifs is 4. The molecule has 4 saturated carbocycles. The van der Waals surface area contributed by atoms with Gasteiger partial charge in [0.05, 0.1) is 5.60 Å². The lowest BCUT2D eigenvalue weighted by Gasteiger charge is -2.64. The minimum atomic E-state index is -0.427. The van der Waals surface area contributed by atoms with Gasteiger partial charge in [-0.2, -0.15) is 0 Å². The smallest absolute Gasteiger partial charge is 0.0718 e. The van der Waals surface area contributed by atoms with Gasteiger partial charge in [-0.05, 0) is 120 Å². The molecule has 1 N–H and O–H groups in total. The summed E-state index contributed by atoms with van der Waals surface area (Å²) >= 11 is 0. The molecular formula is C24H42N2O. The Morgan fingerprint density at radius 2 is 1.67 bits per heavy atom. The van der Waals surface area contributed by atoms with Gasteiger partial charge in [0, 0.05) is 18.6 Å². The highest BCUT2D eigenvalue weighted by molar-refractivity contribution is 5.18. The van der Waals surface area contributed by atoms with Gasteiger partial charge in [-0.1, -0.05) is 6.92 Å². The van der Waals surface area contributed by atoms with E-state index in [-0.39, 0.29) is 5.41 Å². The van der Waals surface area contributed by atoms with Crippen molar-refractivity contribution in [2.75, 3.05) is 27.7 Å². The Morgan fingerprint density at radius 1 is 0.926 bits per heavy atom. The summed E-state index contributed by atoms with van der Waals surface area (Å²) in [5.41, 5.74) is 0.337. The van der Waals surface area contributed by atoms with Gasteiger partial charge in [-0.3, -0.25) is 0 Å². The lowest BCUT2D eigenvalue weighted by Crippen LogP contribution is -2.64. The average Bonchev–Trinajstić information content (AvgIpc) is 3.09. The van der Waals surface area contributed by atoms with Crippen molar-refractivity contribution in [1.82, 2.24) is 9.80 Å². The summed E-state index contributed by atoms with van der Waals surface area (Å²) in [4.78, 5) is 5.02. The minimum absolute atomic E-state index is 0.151. The van der Waals surface area contributed by atoms with E-state index in [0.717, 1.165) is 42.6 Å². The third-order valence-corrected chi connectivity index (χ3v) is 11.1. The largest absolute Gasteiger partial charge is 0.389 e. The van der Waals surface area contributed by atoms with Crippen LogP contribution in [0.3, 0.4) is 0 Å². The predicted molar refractivity (Wildman–Crippen MR) is 111 cm³/mol. The van der Waals surface area contributed by atoms with Crippen molar-refractivity contribution in [2.24, 2.45) is 34.5 Å². The van der Waals surface area contributed by atoms with Crippen LogP contribution in [-0.4, -0.2) is 60.3 Å². The number of hydrogen-bond acceptors (Lipinski definition) is 3. The minimum Gasteiger partial charge on any atom is -0.389 e. The van der Waals surface area contributed by atoms with Crippen LogP contribution < -0.4 is 0 Å². The van der Waals surface area contributed by atoms with E-state index in [2.05, 4.69) is 44.8 Å². The van der Waals surface area contributed by atoms with E-state index < -0.39 is 5.60 Å². The monoisotopic (exact) mass is 374 g/mol. The molecule has 0 aromatic carbocycles. The van der Waals surface area contributed by atoms with E-state index in [4.69, 9.17) is 0 Å². The first kappa shape index (κ1) is 18.9. The zero-order chi connectivity index (χ0) is 19.2. The summed E-state index contributed by atoms with van der Waals surface area (Å²) in [6.45, 7) is 6.32. The van der Waals surface area contributed by atoms with E-state index in [1.54, 1.807) is 0 Å². The lowest BCUT2D eigenvalue weighted by atomic mass is 9.43. The second-order valence-electron chi connectivity index (χ2n) is 11.8. The maximum atomic E-state index is 11.9. The fourth-order valence-corrected chi connectivity index (χ4v) is 9.47. The van der Waals surface area contributed by atoms with Crippen LogP contribution in [0.1, 0.15) is 71.6 Å². The van der Waals surface area contributed by atoms with Gasteiger partial charge in [0.2, 0.25) is 0 Å². The Morgan fingerprint density at radius 3 is 2.41 bits per heavy atom. The Labute approximate surface area is 166 Å². The fraction of sp³-hybridized carbons (Fsp3) is 1.00. The van der Waals surface area contributed by atoms with Gasteiger partial charge in [0.15, 0.2) is 0 Å². The third kappa shape index (κ3) is 2.31. The average molecular weight is 375 g/mol. The SMILES string of the molecule is C[C@H]1[C@H]2CC[C@H]3[C@@H]4CC[C@@]5(O)C[C@@H](N(C)C)CC[C@]5(C)[C@@H]4CC[C@]23CN1C. The van der Waals surface area contributed by atoms with Gasteiger partial charge in [-0.15, -0.1) is 0 Å². The number of hydrogen-bond donors (Lipinski definition) is 1. The van der Waals surface area contributed by atoms with Crippen molar-refractivity contribution < 1.29 is 5.11 Å². The highest BCUT2D eigenvalue weighted by Gasteiger charge is 2.67. The first-order chi connectivity index (χ1) is 12.7. The van der Waals surface area contributed by atoms with Crippen LogP contribution in [0.25, 0.3) is 0 Å². The molecule has 1 spiro atoms. The van der Waals surface area contributed by atoms with E-state index >= 15 is 0 Å². The third-order valence-electron chi connectivity index (χ3n) is 11.1. The molecule has 1 aliphatic heterocycles. The molecule has 0 aromatic heterocycles. The molecule has 3 heteroatoms. The summed E-state index contributed by atoms with van der Waals surface area (Å²) in [6, 6.07) is 1.34. The molecular weight excluding hydrogens is 332 g/mol. The van der Waals surface area contributed by atoms with Crippen molar-refractivity contribution >= 4 is 0 Å². The molecule has 0 aromatic rings. The highest BCUT2D eigenvalue weighted by atomic mass is 16.3. The Kier molecular flexibility index (Phi) is 4.16. The van der Waals surface area contributed by atoms with Crippen molar-refractivity contribution in [3.8, 4) is 0 Å². The van der Waals surface area contributed by atoms with Crippen molar-refractivity contribution in [1.29, 1.82) is 0 Å². The van der Waals surface area contributed by atoms with Crippen molar-refractivity contribution in [2.45, 2.75) is 89.3 Å². The van der Waals surface area contributed by atoms with E-state index in [9.17, 15) is 5.11 Å². The number of nitrogens with zero attached hydrogens (tertiary/aromatic N) is 2. The molecule has 0 unspecified atom stereocenters. The van der Waals surface area contributed by atoms with E-state index in [1.165, 1.54) is 51.5 Å². The van der Waals surface area contributed by atoms with Gasteiger partial charge in [-0.25, -0.2) is 0 Å². The number of aliphatic hydroxyl groups is 1. The molecule has 5 rings (SSSR count). The molecule has 3 nitrogen and oxygen atoms in total. The quantitative estimate of drug-likeness (QED) is 0.751. The first-order valence-electron chi connectivity index (χ1n) is 11.8. The van der Waals surface area contributed by atoms with Crippen LogP contribution in [0.2, 0.25) is 0 Å². The molecule has 0 amide bonds. The van der Waals surface area contributed by atoms with Crippen LogP contribution in [0.5, 0.6) is 0 Å². The fourth-order valence-electron chi connectivity index (χ4n) is 9.47. The van der Waals surface area contributed by atoms with E-state index in [0.29, 0.717) is 11.5 Å². The van der Waals surface area contributed by atoms with Crippen LogP contribution in [-0.2, 0) is 0 Å². The molecule has 4 aliphatic carbocycles. The second kappa shape index (κ2) is 5.95. The maximum Gasteiger partial charge on any atom is 0.0718 e. The molecule has 9 atom stereocenters. The normalized spacial score (nSPS) is 57.9. The topological polar surface area (TPSA) is 26.7 Å². The van der Waals surface area contributed by atoms with Crippen LogP contribution in [0.15, 0.2) is 0 Å². The Hall–Kier alpha value is -0.120. The zero-order valence-corrected chi connectivity index (χ0v) is 18.4. The Balaban J connectivity index is 1.44. The number of likely N-dealkylation sites (tertiary alicyclic amines) is 1. The highest BCUT2D eigenvalue weighted by Crippen LogP contribution is 2.70. The summed E-state index contributed by atoms with van der Waals surface area (Å²) in [7, 11) is 6.76. The van der Waals surface area contributed by atoms with Crippen LogP contribution >= 0.6 is 0 Å². The van der Waals surface area contributed by atoms with Crippen molar-refractivity contribution in [3.63, 3.8) is 0 Å². The molecule has 5 fully saturated rings. The summed E-state index contributed by atoms with van der Waals surface area (Å²) < 4.78 is 0. The molecule has 27 heavy (non-hydrogen) atoms. The number of rotatable bonds is 1. The molecule has 154 valence electrons. The van der Waals surface area contributed by atoms with Gasteiger partial charge in [0.25, 0.3) is 0 Å². The summed E-state index contributed by atoms with van der Waals surface area (Å²) in [5, 5.41) is 11.9. The molecule has 1 heterocycles. The molecule has 1 saturated heterocycles. The molecule has 0 bridgehead atoms. The van der Waals surface area contributed by atoms with Crippen molar-refractivity contribution in [3.05, 3.63) is 0 Å². The molecule has 5 aliphatic rings. The second-order valence-corrected chi connectivity index (χ2v) is 11.8. The first-order valence-corrected chi connectivity index (χ1v) is 11.8. The van der Waals surface area contributed by atoms with Gasteiger partial charge >= 0.3 is 0 Å². The standard InChI is InChI=1S/C24H42N2O/c1-16-19-6-7-21-18-9-13-24(27)14-17(25(3)4)8-11-22(24,2)20(18)10-12-23(19,21)15-26(16)5/h16-21,27H,6-15H2,1-5H3/t16-,17-,18+,19+,20+,21-,22+,23-,24+/m0/s1. The van der Waals surface area contributed by atoms with Gasteiger partial charge < -0.3 is 14.9 Å². The Bertz CT molecular complexity index is 607. The van der Waals surface area contributed by atoms with Crippen LogP contribution in [0, 0.1) is 34.5 Å². The lowest BCUT2D eigenvalue weighted by molar-refractivity contribution is -0.212. The maximum absolute atomic E-state index is 11.9.